The zero-order chi connectivity index (χ0) is 24.2. The smallest absolute Gasteiger partial charge is 0.236 e. The summed E-state index contributed by atoms with van der Waals surface area (Å²) in [7, 11) is 3.35. The molecule has 0 atom stereocenters. The van der Waals surface area contributed by atoms with E-state index in [2.05, 4.69) is 43.9 Å². The van der Waals surface area contributed by atoms with Crippen LogP contribution in [-0.4, -0.2) is 99.8 Å². The summed E-state index contributed by atoms with van der Waals surface area (Å²) in [5.41, 5.74) is 3.39. The van der Waals surface area contributed by atoms with Crippen molar-refractivity contribution in [3.63, 3.8) is 0 Å². The number of amides is 1. The zero-order valence-corrected chi connectivity index (χ0v) is 21.1. The number of hydrogen-bond acceptors (Lipinski definition) is 6. The van der Waals surface area contributed by atoms with Crippen LogP contribution in [0.15, 0.2) is 42.5 Å². The number of rotatable bonds is 7. The molecule has 1 amide bonds. The molecule has 3 aliphatic rings. The summed E-state index contributed by atoms with van der Waals surface area (Å²) >= 11 is 0. The molecule has 2 aliphatic heterocycles. The van der Waals surface area contributed by atoms with E-state index in [9.17, 15) is 4.79 Å². The van der Waals surface area contributed by atoms with Gasteiger partial charge >= 0.3 is 0 Å². The highest BCUT2D eigenvalue weighted by molar-refractivity contribution is 5.78. The molecule has 1 saturated carbocycles. The molecule has 2 aromatic rings. The summed E-state index contributed by atoms with van der Waals surface area (Å²) in [6.45, 7) is 8.13. The van der Waals surface area contributed by atoms with Crippen molar-refractivity contribution in [2.24, 2.45) is 0 Å². The Bertz CT molecular complexity index is 992. The largest absolute Gasteiger partial charge is 0.497 e. The number of methoxy groups -OCH3 is 2. The van der Waals surface area contributed by atoms with Gasteiger partial charge in [0.2, 0.25) is 5.91 Å². The molecule has 0 aromatic heterocycles. The summed E-state index contributed by atoms with van der Waals surface area (Å²) < 4.78 is 10.9. The number of carbonyl (C=O) groups is 1. The molecule has 0 unspecified atom stereocenters. The van der Waals surface area contributed by atoms with E-state index in [-0.39, 0.29) is 0 Å². The lowest BCUT2D eigenvalue weighted by Crippen LogP contribution is -2.56. The van der Waals surface area contributed by atoms with Crippen LogP contribution in [0.5, 0.6) is 11.5 Å². The van der Waals surface area contributed by atoms with Crippen molar-refractivity contribution < 1.29 is 14.3 Å². The molecule has 188 valence electrons. The highest BCUT2D eigenvalue weighted by Gasteiger charge is 2.30. The van der Waals surface area contributed by atoms with E-state index in [1.165, 1.54) is 24.9 Å². The second-order valence-electron chi connectivity index (χ2n) is 9.88. The van der Waals surface area contributed by atoms with Crippen LogP contribution in [0, 0.1) is 0 Å². The van der Waals surface area contributed by atoms with Gasteiger partial charge in [0, 0.05) is 75.7 Å². The van der Waals surface area contributed by atoms with Gasteiger partial charge in [-0.3, -0.25) is 14.6 Å². The molecule has 0 N–H and O–H groups in total. The standard InChI is InChI=1S/C28H38N4O3/c1-34-25-10-11-26(27(20-25)35-2)22-6-8-24(9-7-22)30-14-12-29(13-15-30)21-28(33)32-18-16-31(17-19-32)23-4-3-5-23/h6-11,20,23H,3-5,12-19,21H2,1-2H3. The van der Waals surface area contributed by atoms with Crippen molar-refractivity contribution in [1.82, 2.24) is 14.7 Å². The van der Waals surface area contributed by atoms with Crippen LogP contribution in [0.25, 0.3) is 11.1 Å². The summed E-state index contributed by atoms with van der Waals surface area (Å²) in [6, 6.07) is 15.4. The van der Waals surface area contributed by atoms with Crippen LogP contribution in [0.4, 0.5) is 5.69 Å². The Morgan fingerprint density at radius 3 is 2.17 bits per heavy atom. The Hall–Kier alpha value is -2.77. The maximum atomic E-state index is 12.9. The fraction of sp³-hybridized carbons (Fsp3) is 0.536. The van der Waals surface area contributed by atoms with Gasteiger partial charge < -0.3 is 19.3 Å². The maximum Gasteiger partial charge on any atom is 0.236 e. The van der Waals surface area contributed by atoms with Gasteiger partial charge in [-0.05, 0) is 42.7 Å². The van der Waals surface area contributed by atoms with E-state index in [1.807, 2.05) is 18.2 Å². The van der Waals surface area contributed by atoms with Crippen LogP contribution in [-0.2, 0) is 4.79 Å². The molecule has 2 saturated heterocycles. The first-order valence-electron chi connectivity index (χ1n) is 13.0. The normalized spacial score (nSPS) is 19.9. The minimum atomic E-state index is 0.296. The minimum absolute atomic E-state index is 0.296. The van der Waals surface area contributed by atoms with Crippen molar-refractivity contribution in [2.45, 2.75) is 25.3 Å². The van der Waals surface area contributed by atoms with Crippen LogP contribution >= 0.6 is 0 Å². The number of hydrogen-bond donors (Lipinski definition) is 0. The second-order valence-corrected chi connectivity index (χ2v) is 9.88. The van der Waals surface area contributed by atoms with Crippen LogP contribution < -0.4 is 14.4 Å². The lowest BCUT2D eigenvalue weighted by Gasteiger charge is -2.43. The summed E-state index contributed by atoms with van der Waals surface area (Å²) in [6.07, 6.45) is 4.06. The number of ether oxygens (including phenoxy) is 2. The van der Waals surface area contributed by atoms with Crippen molar-refractivity contribution in [3.8, 4) is 22.6 Å². The van der Waals surface area contributed by atoms with E-state index in [0.29, 0.717) is 12.5 Å². The van der Waals surface area contributed by atoms with Gasteiger partial charge in [-0.1, -0.05) is 18.6 Å². The fourth-order valence-corrected chi connectivity index (χ4v) is 5.43. The molecule has 2 heterocycles. The molecule has 0 radical (unpaired) electrons. The SMILES string of the molecule is COc1ccc(-c2ccc(N3CCN(CC(=O)N4CCN(C5CCC5)CC4)CC3)cc2)c(OC)c1. The first-order valence-corrected chi connectivity index (χ1v) is 13.0. The average molecular weight is 479 g/mol. The predicted octanol–water partition coefficient (Wildman–Crippen LogP) is 3.19. The molecule has 7 heteroatoms. The molecular formula is C28H38N4O3. The van der Waals surface area contributed by atoms with Gasteiger partial charge in [0.15, 0.2) is 0 Å². The van der Waals surface area contributed by atoms with Crippen molar-refractivity contribution in [2.75, 3.05) is 78.0 Å². The third kappa shape index (κ3) is 5.41. The van der Waals surface area contributed by atoms with Crippen LogP contribution in [0.3, 0.4) is 0 Å². The monoisotopic (exact) mass is 478 g/mol. The van der Waals surface area contributed by atoms with E-state index in [4.69, 9.17) is 9.47 Å². The van der Waals surface area contributed by atoms with Gasteiger partial charge in [-0.15, -0.1) is 0 Å². The van der Waals surface area contributed by atoms with Gasteiger partial charge in [0.05, 0.1) is 20.8 Å². The third-order valence-corrected chi connectivity index (χ3v) is 7.94. The molecule has 0 spiro atoms. The highest BCUT2D eigenvalue weighted by Crippen LogP contribution is 2.34. The summed E-state index contributed by atoms with van der Waals surface area (Å²) in [5.74, 6) is 1.89. The van der Waals surface area contributed by atoms with E-state index < -0.39 is 0 Å². The van der Waals surface area contributed by atoms with Gasteiger partial charge in [-0.25, -0.2) is 0 Å². The molecule has 1 aliphatic carbocycles. The average Bonchev–Trinajstić information content (AvgIpc) is 2.88. The molecule has 3 fully saturated rings. The van der Waals surface area contributed by atoms with Crippen LogP contribution in [0.2, 0.25) is 0 Å². The molecular weight excluding hydrogens is 440 g/mol. The van der Waals surface area contributed by atoms with Crippen LogP contribution in [0.1, 0.15) is 19.3 Å². The first kappa shape index (κ1) is 23.9. The van der Waals surface area contributed by atoms with Gasteiger partial charge in [-0.2, -0.15) is 0 Å². The molecule has 7 nitrogen and oxygen atoms in total. The number of anilines is 1. The quantitative estimate of drug-likeness (QED) is 0.609. The van der Waals surface area contributed by atoms with Crippen molar-refractivity contribution in [1.29, 1.82) is 0 Å². The number of carbonyl (C=O) groups excluding carboxylic acids is 1. The van der Waals surface area contributed by atoms with E-state index in [1.54, 1.807) is 14.2 Å². The zero-order valence-electron chi connectivity index (χ0n) is 21.1. The van der Waals surface area contributed by atoms with Crippen molar-refractivity contribution >= 4 is 11.6 Å². The van der Waals surface area contributed by atoms with Gasteiger partial charge in [0.1, 0.15) is 11.5 Å². The lowest BCUT2D eigenvalue weighted by atomic mass is 9.91. The Balaban J connectivity index is 1.11. The Morgan fingerprint density at radius 1 is 0.857 bits per heavy atom. The van der Waals surface area contributed by atoms with Crippen molar-refractivity contribution in [3.05, 3.63) is 42.5 Å². The molecule has 2 aromatic carbocycles. The summed E-state index contributed by atoms with van der Waals surface area (Å²) in [5, 5.41) is 0. The highest BCUT2D eigenvalue weighted by atomic mass is 16.5. The molecule has 0 bridgehead atoms. The molecule has 5 rings (SSSR count). The van der Waals surface area contributed by atoms with E-state index >= 15 is 0 Å². The second kappa shape index (κ2) is 10.9. The maximum absolute atomic E-state index is 12.9. The topological polar surface area (TPSA) is 48.5 Å². The predicted molar refractivity (Wildman–Crippen MR) is 139 cm³/mol. The third-order valence-electron chi connectivity index (χ3n) is 7.94. The number of benzene rings is 2. The number of piperazine rings is 2. The Morgan fingerprint density at radius 2 is 1.57 bits per heavy atom. The van der Waals surface area contributed by atoms with E-state index in [0.717, 1.165) is 81.0 Å². The minimum Gasteiger partial charge on any atom is -0.497 e. The first-order chi connectivity index (χ1) is 17.1. The Labute approximate surface area is 209 Å². The van der Waals surface area contributed by atoms with Gasteiger partial charge in [0.25, 0.3) is 0 Å². The lowest BCUT2D eigenvalue weighted by molar-refractivity contribution is -0.134. The molecule has 35 heavy (non-hydrogen) atoms. The summed E-state index contributed by atoms with van der Waals surface area (Å²) in [4.78, 5) is 22.3. The number of nitrogens with zero attached hydrogens (tertiary/aromatic N) is 4. The Kier molecular flexibility index (Phi) is 7.44. The fourth-order valence-electron chi connectivity index (χ4n) is 5.43.